The first-order chi connectivity index (χ1) is 11.0. The van der Waals surface area contributed by atoms with Crippen LogP contribution in [0.1, 0.15) is 42.5 Å². The normalized spacial score (nSPS) is 26.7. The highest BCUT2D eigenvalue weighted by Gasteiger charge is 2.41. The van der Waals surface area contributed by atoms with Crippen LogP contribution in [0.2, 0.25) is 0 Å². The monoisotopic (exact) mass is 378 g/mol. The number of ketones is 2. The van der Waals surface area contributed by atoms with Gasteiger partial charge in [0.15, 0.2) is 12.4 Å². The van der Waals surface area contributed by atoms with Gasteiger partial charge in [-0.15, -0.1) is 0 Å². The lowest BCUT2D eigenvalue weighted by atomic mass is 9.67. The maximum Gasteiger partial charge on any atom is 0.309 e. The standard InChI is InChI=1S/C18H19BrO4/c19-15-6-2-3-11(9-15)16(20)10-23-18(22)14-7-12-4-1-5-13(8-14)17(12)21/h2-3,6,9,12-14H,1,4-5,7-8,10H2/t12-,13-/m0/s1. The average Bonchev–Trinajstić information content (AvgIpc) is 2.52. The fourth-order valence-corrected chi connectivity index (χ4v) is 4.07. The molecule has 0 N–H and O–H groups in total. The summed E-state index contributed by atoms with van der Waals surface area (Å²) in [6.07, 6.45) is 4.01. The Morgan fingerprint density at radius 3 is 2.52 bits per heavy atom. The number of halogens is 1. The van der Waals surface area contributed by atoms with E-state index in [2.05, 4.69) is 15.9 Å². The summed E-state index contributed by atoms with van der Waals surface area (Å²) in [4.78, 5) is 36.4. The fraction of sp³-hybridized carbons (Fsp3) is 0.500. The van der Waals surface area contributed by atoms with Crippen LogP contribution in [-0.4, -0.2) is 24.1 Å². The highest BCUT2D eigenvalue weighted by Crippen LogP contribution is 2.40. The molecule has 0 heterocycles. The Balaban J connectivity index is 1.55. The zero-order chi connectivity index (χ0) is 16.4. The molecule has 122 valence electrons. The Kier molecular flexibility index (Phi) is 4.95. The number of benzene rings is 1. The second-order valence-electron chi connectivity index (χ2n) is 6.44. The van der Waals surface area contributed by atoms with E-state index in [1.807, 2.05) is 6.07 Å². The lowest BCUT2D eigenvalue weighted by Gasteiger charge is -2.36. The van der Waals surface area contributed by atoms with Crippen molar-refractivity contribution in [2.24, 2.45) is 17.8 Å². The molecular formula is C18H19BrO4. The summed E-state index contributed by atoms with van der Waals surface area (Å²) in [5.41, 5.74) is 0.517. The summed E-state index contributed by atoms with van der Waals surface area (Å²) in [5.74, 6) is -0.435. The van der Waals surface area contributed by atoms with E-state index < -0.39 is 0 Å². The van der Waals surface area contributed by atoms with Crippen LogP contribution in [0.3, 0.4) is 0 Å². The van der Waals surface area contributed by atoms with Crippen molar-refractivity contribution in [2.45, 2.75) is 32.1 Å². The fourth-order valence-electron chi connectivity index (χ4n) is 3.67. The molecule has 2 fully saturated rings. The number of carbonyl (C=O) groups excluding carboxylic acids is 3. The zero-order valence-corrected chi connectivity index (χ0v) is 14.4. The van der Waals surface area contributed by atoms with Crippen molar-refractivity contribution < 1.29 is 19.1 Å². The number of carbonyl (C=O) groups is 3. The van der Waals surface area contributed by atoms with Crippen LogP contribution in [-0.2, 0) is 14.3 Å². The van der Waals surface area contributed by atoms with Crippen LogP contribution in [0.4, 0.5) is 0 Å². The number of esters is 1. The molecule has 3 rings (SSSR count). The third-order valence-corrected chi connectivity index (χ3v) is 5.37. The van der Waals surface area contributed by atoms with Gasteiger partial charge in [0.25, 0.3) is 0 Å². The van der Waals surface area contributed by atoms with Gasteiger partial charge in [-0.05, 0) is 37.8 Å². The highest BCUT2D eigenvalue weighted by atomic mass is 79.9. The van der Waals surface area contributed by atoms with Gasteiger partial charge >= 0.3 is 5.97 Å². The van der Waals surface area contributed by atoms with Crippen LogP contribution >= 0.6 is 15.9 Å². The summed E-state index contributed by atoms with van der Waals surface area (Å²) in [7, 11) is 0. The van der Waals surface area contributed by atoms with Crippen LogP contribution < -0.4 is 0 Å². The van der Waals surface area contributed by atoms with Crippen molar-refractivity contribution in [1.29, 1.82) is 0 Å². The minimum atomic E-state index is -0.335. The second kappa shape index (κ2) is 6.95. The van der Waals surface area contributed by atoms with E-state index in [-0.39, 0.29) is 36.1 Å². The summed E-state index contributed by atoms with van der Waals surface area (Å²) >= 11 is 3.31. The molecule has 5 heteroatoms. The SMILES string of the molecule is O=C(COC(=O)C1C[C@@H]2CCC[C@@H](C1)C2=O)c1cccc(Br)c1. The number of Topliss-reactive ketones (excluding diaryl/α,β-unsaturated/α-hetero) is 2. The Bertz CT molecular complexity index is 624. The molecule has 0 saturated heterocycles. The molecular weight excluding hydrogens is 360 g/mol. The van der Waals surface area contributed by atoms with Crippen molar-refractivity contribution >= 4 is 33.5 Å². The Labute approximate surface area is 143 Å². The van der Waals surface area contributed by atoms with Gasteiger partial charge in [-0.25, -0.2) is 0 Å². The third kappa shape index (κ3) is 3.71. The first-order valence-corrected chi connectivity index (χ1v) is 8.83. The minimum absolute atomic E-state index is 0.0147. The minimum Gasteiger partial charge on any atom is -0.457 e. The number of fused-ring (bicyclic) bond motifs is 2. The Morgan fingerprint density at radius 2 is 1.87 bits per heavy atom. The van der Waals surface area contributed by atoms with Crippen LogP contribution in [0.25, 0.3) is 0 Å². The van der Waals surface area contributed by atoms with Gasteiger partial charge in [0.2, 0.25) is 0 Å². The van der Waals surface area contributed by atoms with E-state index in [0.717, 1.165) is 23.7 Å². The summed E-state index contributed by atoms with van der Waals surface area (Å²) in [6.45, 7) is -0.241. The van der Waals surface area contributed by atoms with Crippen molar-refractivity contribution in [2.75, 3.05) is 6.61 Å². The predicted molar refractivity (Wildman–Crippen MR) is 88.0 cm³/mol. The maximum atomic E-state index is 12.2. The maximum absolute atomic E-state index is 12.2. The molecule has 2 aliphatic carbocycles. The van der Waals surface area contributed by atoms with E-state index in [1.165, 1.54) is 0 Å². The average molecular weight is 379 g/mol. The Morgan fingerprint density at radius 1 is 1.17 bits per heavy atom. The van der Waals surface area contributed by atoms with Crippen molar-refractivity contribution in [3.05, 3.63) is 34.3 Å². The topological polar surface area (TPSA) is 60.4 Å². The predicted octanol–water partition coefficient (Wildman–Crippen LogP) is 3.57. The molecule has 2 aliphatic rings. The second-order valence-corrected chi connectivity index (χ2v) is 7.35. The van der Waals surface area contributed by atoms with Gasteiger partial charge in [-0.1, -0.05) is 34.5 Å². The van der Waals surface area contributed by atoms with Gasteiger partial charge < -0.3 is 4.74 Å². The molecule has 0 amide bonds. The number of hydrogen-bond acceptors (Lipinski definition) is 4. The Hall–Kier alpha value is -1.49. The van der Waals surface area contributed by atoms with Crippen molar-refractivity contribution in [3.63, 3.8) is 0 Å². The van der Waals surface area contributed by atoms with E-state index in [4.69, 9.17) is 4.74 Å². The largest absolute Gasteiger partial charge is 0.457 e. The van der Waals surface area contributed by atoms with Crippen LogP contribution in [0, 0.1) is 17.8 Å². The molecule has 2 bridgehead atoms. The van der Waals surface area contributed by atoms with Crippen LogP contribution in [0.5, 0.6) is 0 Å². The number of hydrogen-bond donors (Lipinski definition) is 0. The molecule has 2 atom stereocenters. The smallest absolute Gasteiger partial charge is 0.309 e. The van der Waals surface area contributed by atoms with Gasteiger partial charge in [0.1, 0.15) is 5.78 Å². The first-order valence-electron chi connectivity index (χ1n) is 8.03. The molecule has 23 heavy (non-hydrogen) atoms. The first kappa shape index (κ1) is 16.4. The van der Waals surface area contributed by atoms with E-state index in [1.54, 1.807) is 18.2 Å². The van der Waals surface area contributed by atoms with Gasteiger partial charge in [0, 0.05) is 21.9 Å². The van der Waals surface area contributed by atoms with Gasteiger partial charge in [-0.2, -0.15) is 0 Å². The summed E-state index contributed by atoms with van der Waals surface area (Å²) in [5, 5.41) is 0. The molecule has 4 nitrogen and oxygen atoms in total. The molecule has 0 aromatic heterocycles. The summed E-state index contributed by atoms with van der Waals surface area (Å²) in [6, 6.07) is 7.01. The molecule has 1 aromatic rings. The lowest BCUT2D eigenvalue weighted by molar-refractivity contribution is -0.152. The number of ether oxygens (including phenoxy) is 1. The summed E-state index contributed by atoms with van der Waals surface area (Å²) < 4.78 is 6.04. The molecule has 1 aromatic carbocycles. The van der Waals surface area contributed by atoms with E-state index in [0.29, 0.717) is 24.2 Å². The van der Waals surface area contributed by atoms with Gasteiger partial charge in [-0.3, -0.25) is 14.4 Å². The third-order valence-electron chi connectivity index (χ3n) is 4.87. The molecule has 0 radical (unpaired) electrons. The quantitative estimate of drug-likeness (QED) is 0.593. The molecule has 0 spiro atoms. The van der Waals surface area contributed by atoms with E-state index >= 15 is 0 Å². The molecule has 2 saturated carbocycles. The van der Waals surface area contributed by atoms with Gasteiger partial charge in [0.05, 0.1) is 5.92 Å². The van der Waals surface area contributed by atoms with E-state index in [9.17, 15) is 14.4 Å². The van der Waals surface area contributed by atoms with Crippen molar-refractivity contribution in [3.8, 4) is 0 Å². The number of rotatable bonds is 4. The molecule has 0 aliphatic heterocycles. The highest BCUT2D eigenvalue weighted by molar-refractivity contribution is 9.10. The van der Waals surface area contributed by atoms with Crippen molar-refractivity contribution in [1.82, 2.24) is 0 Å². The lowest BCUT2D eigenvalue weighted by Crippen LogP contribution is -2.39. The molecule has 0 unspecified atom stereocenters. The zero-order valence-electron chi connectivity index (χ0n) is 12.8. The van der Waals surface area contributed by atoms with Crippen LogP contribution in [0.15, 0.2) is 28.7 Å².